The van der Waals surface area contributed by atoms with Crippen LogP contribution in [-0.4, -0.2) is 36.6 Å². The molecule has 1 aromatic heterocycles. The zero-order chi connectivity index (χ0) is 22.2. The van der Waals surface area contributed by atoms with Gasteiger partial charge in [-0.25, -0.2) is 4.79 Å². The molecule has 0 radical (unpaired) electrons. The van der Waals surface area contributed by atoms with Gasteiger partial charge < -0.3 is 18.8 Å². The lowest BCUT2D eigenvalue weighted by Crippen LogP contribution is -2.15. The minimum absolute atomic E-state index is 0.229. The lowest BCUT2D eigenvalue weighted by atomic mass is 10.1. The van der Waals surface area contributed by atoms with Crippen molar-refractivity contribution in [1.82, 2.24) is 4.57 Å². The van der Waals surface area contributed by atoms with Crippen LogP contribution in [0.5, 0.6) is 5.75 Å². The molecule has 2 aromatic carbocycles. The van der Waals surface area contributed by atoms with Gasteiger partial charge in [0.15, 0.2) is 6.61 Å². The molecule has 3 rings (SSSR count). The van der Waals surface area contributed by atoms with E-state index in [2.05, 4.69) is 0 Å². The van der Waals surface area contributed by atoms with Crippen molar-refractivity contribution in [1.29, 1.82) is 0 Å². The quantitative estimate of drug-likeness (QED) is 0.359. The van der Waals surface area contributed by atoms with Crippen LogP contribution in [0, 0.1) is 13.8 Å². The number of benzene rings is 2. The summed E-state index contributed by atoms with van der Waals surface area (Å²) in [5.74, 6) is -0.121. The number of ketones is 1. The maximum atomic E-state index is 12.6. The average Bonchev–Trinajstić information content (AvgIpc) is 3.08. The number of rotatable bonds is 10. The van der Waals surface area contributed by atoms with Crippen molar-refractivity contribution in [3.63, 3.8) is 0 Å². The number of aryl methyl sites for hydroxylation is 1. The Morgan fingerprint density at radius 2 is 1.68 bits per heavy atom. The Labute approximate surface area is 182 Å². The fourth-order valence-corrected chi connectivity index (χ4v) is 3.33. The van der Waals surface area contributed by atoms with Gasteiger partial charge in [0.05, 0.1) is 12.2 Å². The van der Waals surface area contributed by atoms with E-state index in [9.17, 15) is 9.59 Å². The lowest BCUT2D eigenvalue weighted by Gasteiger charge is -2.09. The van der Waals surface area contributed by atoms with Crippen molar-refractivity contribution < 1.29 is 23.8 Å². The molecule has 0 aliphatic carbocycles. The molecule has 0 fully saturated rings. The van der Waals surface area contributed by atoms with Crippen LogP contribution in [-0.2, 0) is 22.6 Å². The van der Waals surface area contributed by atoms with Gasteiger partial charge in [-0.2, -0.15) is 0 Å². The van der Waals surface area contributed by atoms with E-state index in [1.165, 1.54) is 0 Å². The normalized spacial score (nSPS) is 10.7. The van der Waals surface area contributed by atoms with E-state index in [-0.39, 0.29) is 12.4 Å². The largest absolute Gasteiger partial charge is 0.489 e. The second-order valence-corrected chi connectivity index (χ2v) is 7.23. The van der Waals surface area contributed by atoms with Gasteiger partial charge in [0.1, 0.15) is 12.4 Å². The summed E-state index contributed by atoms with van der Waals surface area (Å²) in [7, 11) is 1.64. The van der Waals surface area contributed by atoms with Crippen LogP contribution in [0.2, 0.25) is 0 Å². The van der Waals surface area contributed by atoms with Crippen LogP contribution in [0.4, 0.5) is 0 Å². The van der Waals surface area contributed by atoms with Gasteiger partial charge in [-0.15, -0.1) is 0 Å². The van der Waals surface area contributed by atoms with Gasteiger partial charge in [0.25, 0.3) is 0 Å². The predicted molar refractivity (Wildman–Crippen MR) is 118 cm³/mol. The molecule has 6 heteroatoms. The van der Waals surface area contributed by atoms with Gasteiger partial charge in [-0.1, -0.05) is 30.3 Å². The van der Waals surface area contributed by atoms with Crippen LogP contribution in [0.25, 0.3) is 0 Å². The Balaban J connectivity index is 1.54. The van der Waals surface area contributed by atoms with Gasteiger partial charge in [-0.3, -0.25) is 4.79 Å². The fraction of sp³-hybridized carbons (Fsp3) is 0.280. The van der Waals surface area contributed by atoms with Crippen LogP contribution >= 0.6 is 0 Å². The minimum Gasteiger partial charge on any atom is -0.489 e. The maximum absolute atomic E-state index is 12.6. The Kier molecular flexibility index (Phi) is 7.62. The van der Waals surface area contributed by atoms with Crippen molar-refractivity contribution >= 4 is 11.8 Å². The summed E-state index contributed by atoms with van der Waals surface area (Å²) in [6.07, 6.45) is 0. The Morgan fingerprint density at radius 3 is 2.35 bits per heavy atom. The van der Waals surface area contributed by atoms with E-state index < -0.39 is 5.97 Å². The third-order valence-corrected chi connectivity index (χ3v) is 5.07. The van der Waals surface area contributed by atoms with E-state index >= 15 is 0 Å². The first-order chi connectivity index (χ1) is 15.0. The molecule has 0 aliphatic heterocycles. The Morgan fingerprint density at radius 1 is 0.968 bits per heavy atom. The topological polar surface area (TPSA) is 66.8 Å². The average molecular weight is 421 g/mol. The highest BCUT2D eigenvalue weighted by molar-refractivity contribution is 6.00. The monoisotopic (exact) mass is 421 g/mol. The molecular weight excluding hydrogens is 394 g/mol. The zero-order valence-electron chi connectivity index (χ0n) is 18.1. The molecule has 0 amide bonds. The predicted octanol–water partition coefficient (Wildman–Crippen LogP) is 4.37. The number of hydrogen-bond donors (Lipinski definition) is 0. The SMILES string of the molecule is COCCn1c(C)cc(C(=O)COC(=O)c2ccc(OCc3ccccc3)cc2)c1C. The van der Waals surface area contributed by atoms with Crippen molar-refractivity contribution in [3.05, 3.63) is 88.7 Å². The first kappa shape index (κ1) is 22.3. The van der Waals surface area contributed by atoms with Gasteiger partial charge in [0.2, 0.25) is 5.78 Å². The van der Waals surface area contributed by atoms with Crippen LogP contribution in [0.1, 0.15) is 37.7 Å². The number of Topliss-reactive ketones (excluding diaryl/α,β-unsaturated/α-hetero) is 1. The smallest absolute Gasteiger partial charge is 0.338 e. The number of carbonyl (C=O) groups excluding carboxylic acids is 2. The number of carbonyl (C=O) groups is 2. The van der Waals surface area contributed by atoms with Crippen LogP contribution < -0.4 is 4.74 Å². The zero-order valence-corrected chi connectivity index (χ0v) is 18.1. The molecule has 31 heavy (non-hydrogen) atoms. The number of hydrogen-bond acceptors (Lipinski definition) is 5. The first-order valence-corrected chi connectivity index (χ1v) is 10.1. The molecule has 162 valence electrons. The molecule has 3 aromatic rings. The highest BCUT2D eigenvalue weighted by Gasteiger charge is 2.18. The maximum Gasteiger partial charge on any atom is 0.338 e. The van der Waals surface area contributed by atoms with Crippen molar-refractivity contribution in [2.75, 3.05) is 20.3 Å². The summed E-state index contributed by atoms with van der Waals surface area (Å²) in [4.78, 5) is 24.9. The molecule has 0 N–H and O–H groups in total. The highest BCUT2D eigenvalue weighted by Crippen LogP contribution is 2.17. The van der Waals surface area contributed by atoms with E-state index in [4.69, 9.17) is 14.2 Å². The molecule has 0 atom stereocenters. The Hall–Kier alpha value is -3.38. The summed E-state index contributed by atoms with van der Waals surface area (Å²) in [6.45, 7) is 5.18. The molecule has 0 spiro atoms. The van der Waals surface area contributed by atoms with Crippen LogP contribution in [0.15, 0.2) is 60.7 Å². The second kappa shape index (κ2) is 10.6. The van der Waals surface area contributed by atoms with Crippen LogP contribution in [0.3, 0.4) is 0 Å². The van der Waals surface area contributed by atoms with E-state index in [0.29, 0.717) is 36.6 Å². The number of esters is 1. The summed E-state index contributed by atoms with van der Waals surface area (Å²) >= 11 is 0. The van der Waals surface area contributed by atoms with Gasteiger partial charge in [-0.05, 0) is 49.7 Å². The standard InChI is InChI=1S/C25H27NO5/c1-18-15-23(19(2)26(18)13-14-29-3)24(27)17-31-25(28)21-9-11-22(12-10-21)30-16-20-7-5-4-6-8-20/h4-12,15H,13-14,16-17H2,1-3H3. The molecule has 0 saturated carbocycles. The number of aromatic nitrogens is 1. The summed E-state index contributed by atoms with van der Waals surface area (Å²) in [6, 6.07) is 18.3. The molecule has 1 heterocycles. The Bertz CT molecular complexity index is 1020. The van der Waals surface area contributed by atoms with Crippen molar-refractivity contribution in [2.24, 2.45) is 0 Å². The molecule has 0 bridgehead atoms. The summed E-state index contributed by atoms with van der Waals surface area (Å²) < 4.78 is 18.1. The third kappa shape index (κ3) is 5.83. The van der Waals surface area contributed by atoms with Crippen molar-refractivity contribution in [2.45, 2.75) is 27.0 Å². The minimum atomic E-state index is -0.545. The first-order valence-electron chi connectivity index (χ1n) is 10.1. The van der Waals surface area contributed by atoms with E-state index in [0.717, 1.165) is 17.0 Å². The van der Waals surface area contributed by atoms with Gasteiger partial charge >= 0.3 is 5.97 Å². The fourth-order valence-electron chi connectivity index (χ4n) is 3.33. The second-order valence-electron chi connectivity index (χ2n) is 7.23. The lowest BCUT2D eigenvalue weighted by molar-refractivity contribution is 0.0474. The molecule has 6 nitrogen and oxygen atoms in total. The molecular formula is C25H27NO5. The third-order valence-electron chi connectivity index (χ3n) is 5.07. The molecule has 0 aliphatic rings. The number of methoxy groups -OCH3 is 1. The van der Waals surface area contributed by atoms with Gasteiger partial charge in [0, 0.05) is 30.6 Å². The highest BCUT2D eigenvalue weighted by atomic mass is 16.5. The van der Waals surface area contributed by atoms with E-state index in [1.54, 1.807) is 31.4 Å². The summed E-state index contributed by atoms with van der Waals surface area (Å²) in [5, 5.41) is 0. The summed E-state index contributed by atoms with van der Waals surface area (Å²) in [5.41, 5.74) is 3.80. The molecule has 0 saturated heterocycles. The van der Waals surface area contributed by atoms with E-state index in [1.807, 2.05) is 54.8 Å². The van der Waals surface area contributed by atoms with Crippen molar-refractivity contribution in [3.8, 4) is 5.75 Å². The molecule has 0 unspecified atom stereocenters. The number of ether oxygens (including phenoxy) is 3. The number of nitrogens with zero attached hydrogens (tertiary/aromatic N) is 1.